The predicted molar refractivity (Wildman–Crippen MR) is 63.9 cm³/mol. The maximum atomic E-state index is 4.94. The van der Waals surface area contributed by atoms with Crippen molar-refractivity contribution >= 4 is 0 Å². The Bertz CT molecular complexity index is 197. The average Bonchev–Trinajstić information content (AvgIpc) is 2.85. The summed E-state index contributed by atoms with van der Waals surface area (Å²) in [5, 5.41) is 0. The zero-order valence-electron chi connectivity index (χ0n) is 10.6. The highest BCUT2D eigenvalue weighted by molar-refractivity contribution is 5.05. The molecule has 3 fully saturated rings. The van der Waals surface area contributed by atoms with Crippen LogP contribution in [0.25, 0.3) is 0 Å². The van der Waals surface area contributed by atoms with Crippen LogP contribution >= 0.6 is 0 Å². The quantitative estimate of drug-likeness (QED) is 0.587. The van der Waals surface area contributed by atoms with Crippen LogP contribution in [0.4, 0.5) is 0 Å². The molecule has 2 bridgehead atoms. The van der Waals surface area contributed by atoms with Gasteiger partial charge in [-0.15, -0.1) is 0 Å². The molecule has 3 rings (SSSR count). The SMILES string of the molecule is C1CCOC1.CC12CCC(CC1)C2(C)C. The number of ether oxygens (including phenoxy) is 1. The minimum atomic E-state index is 0.660. The van der Waals surface area contributed by atoms with Gasteiger partial charge in [-0.1, -0.05) is 20.8 Å². The summed E-state index contributed by atoms with van der Waals surface area (Å²) >= 11 is 0. The molecule has 1 heteroatoms. The molecule has 1 saturated heterocycles. The minimum absolute atomic E-state index is 0.660. The summed E-state index contributed by atoms with van der Waals surface area (Å²) in [5.41, 5.74) is 1.37. The maximum Gasteiger partial charge on any atom is 0.0466 e. The van der Waals surface area contributed by atoms with E-state index in [1.54, 1.807) is 0 Å². The van der Waals surface area contributed by atoms with Crippen LogP contribution in [-0.2, 0) is 4.74 Å². The van der Waals surface area contributed by atoms with E-state index in [2.05, 4.69) is 20.8 Å². The third-order valence-electron chi connectivity index (χ3n) is 5.49. The third kappa shape index (κ3) is 1.95. The van der Waals surface area contributed by atoms with Crippen LogP contribution in [-0.4, -0.2) is 13.2 Å². The summed E-state index contributed by atoms with van der Waals surface area (Å²) in [5.74, 6) is 1.05. The van der Waals surface area contributed by atoms with Gasteiger partial charge < -0.3 is 4.74 Å². The van der Waals surface area contributed by atoms with Gasteiger partial charge in [-0.05, 0) is 55.3 Å². The monoisotopic (exact) mass is 210 g/mol. The van der Waals surface area contributed by atoms with Gasteiger partial charge in [0.2, 0.25) is 0 Å². The van der Waals surface area contributed by atoms with Crippen LogP contribution in [0.2, 0.25) is 0 Å². The van der Waals surface area contributed by atoms with Gasteiger partial charge in [-0.25, -0.2) is 0 Å². The Morgan fingerprint density at radius 1 is 0.933 bits per heavy atom. The van der Waals surface area contributed by atoms with Crippen molar-refractivity contribution in [1.29, 1.82) is 0 Å². The molecular formula is C14H26O. The van der Waals surface area contributed by atoms with Crippen molar-refractivity contribution in [1.82, 2.24) is 0 Å². The van der Waals surface area contributed by atoms with Gasteiger partial charge in [0.25, 0.3) is 0 Å². The van der Waals surface area contributed by atoms with E-state index in [0.717, 1.165) is 19.1 Å². The topological polar surface area (TPSA) is 9.23 Å². The van der Waals surface area contributed by atoms with Crippen molar-refractivity contribution in [2.45, 2.75) is 59.3 Å². The molecule has 1 aliphatic heterocycles. The molecule has 3 aliphatic rings. The van der Waals surface area contributed by atoms with Gasteiger partial charge in [0.05, 0.1) is 0 Å². The standard InChI is InChI=1S/C10H18.C4H8O/c1-9(2)8-4-6-10(9,3)7-5-8;1-2-4-5-3-1/h8H,4-7H2,1-3H3;1-4H2. The van der Waals surface area contributed by atoms with Crippen LogP contribution in [0.3, 0.4) is 0 Å². The van der Waals surface area contributed by atoms with Gasteiger partial charge >= 0.3 is 0 Å². The van der Waals surface area contributed by atoms with Gasteiger partial charge in [0, 0.05) is 13.2 Å². The molecule has 0 radical (unpaired) electrons. The molecule has 88 valence electrons. The molecule has 2 saturated carbocycles. The lowest BCUT2D eigenvalue weighted by atomic mass is 9.71. The van der Waals surface area contributed by atoms with Gasteiger partial charge in [-0.3, -0.25) is 0 Å². The molecule has 15 heavy (non-hydrogen) atoms. The third-order valence-corrected chi connectivity index (χ3v) is 5.49. The summed E-state index contributed by atoms with van der Waals surface area (Å²) < 4.78 is 4.94. The summed E-state index contributed by atoms with van der Waals surface area (Å²) in [7, 11) is 0. The molecule has 0 aromatic carbocycles. The van der Waals surface area contributed by atoms with Gasteiger partial charge in [0.1, 0.15) is 0 Å². The second-order valence-corrected chi connectivity index (χ2v) is 6.38. The van der Waals surface area contributed by atoms with Crippen molar-refractivity contribution in [3.8, 4) is 0 Å². The summed E-state index contributed by atoms with van der Waals surface area (Å²) in [6.07, 6.45) is 8.54. The fourth-order valence-electron chi connectivity index (χ4n) is 3.62. The number of hydrogen-bond acceptors (Lipinski definition) is 1. The highest BCUT2D eigenvalue weighted by Crippen LogP contribution is 2.65. The molecule has 0 aromatic rings. The largest absolute Gasteiger partial charge is 0.381 e. The first-order valence-electron chi connectivity index (χ1n) is 6.64. The first-order chi connectivity index (χ1) is 7.06. The highest BCUT2D eigenvalue weighted by atomic mass is 16.5. The van der Waals surface area contributed by atoms with Crippen molar-refractivity contribution < 1.29 is 4.74 Å². The van der Waals surface area contributed by atoms with E-state index >= 15 is 0 Å². The van der Waals surface area contributed by atoms with Crippen molar-refractivity contribution in [2.24, 2.45) is 16.7 Å². The van der Waals surface area contributed by atoms with E-state index in [4.69, 9.17) is 4.74 Å². The zero-order chi connectivity index (χ0) is 10.9. The molecule has 0 spiro atoms. The maximum absolute atomic E-state index is 4.94. The Balaban J connectivity index is 0.000000144. The fraction of sp³-hybridized carbons (Fsp3) is 1.00. The van der Waals surface area contributed by atoms with E-state index in [0.29, 0.717) is 10.8 Å². The van der Waals surface area contributed by atoms with Gasteiger partial charge in [-0.2, -0.15) is 0 Å². The number of fused-ring (bicyclic) bond motifs is 2. The first kappa shape index (κ1) is 11.4. The molecule has 0 aromatic heterocycles. The average molecular weight is 210 g/mol. The molecule has 0 unspecified atom stereocenters. The van der Waals surface area contributed by atoms with Crippen LogP contribution in [0.1, 0.15) is 59.3 Å². The van der Waals surface area contributed by atoms with E-state index in [1.807, 2.05) is 0 Å². The Morgan fingerprint density at radius 2 is 1.47 bits per heavy atom. The van der Waals surface area contributed by atoms with Crippen LogP contribution < -0.4 is 0 Å². The highest BCUT2D eigenvalue weighted by Gasteiger charge is 2.55. The minimum Gasteiger partial charge on any atom is -0.381 e. The van der Waals surface area contributed by atoms with E-state index < -0.39 is 0 Å². The molecule has 0 atom stereocenters. The molecule has 1 nitrogen and oxygen atoms in total. The molecule has 1 heterocycles. The summed E-state index contributed by atoms with van der Waals surface area (Å²) in [6, 6.07) is 0. The van der Waals surface area contributed by atoms with E-state index in [1.165, 1.54) is 38.5 Å². The molecule has 0 amide bonds. The first-order valence-corrected chi connectivity index (χ1v) is 6.64. The molecule has 2 aliphatic carbocycles. The lowest BCUT2D eigenvalue weighted by Crippen LogP contribution is -2.26. The van der Waals surface area contributed by atoms with Crippen molar-refractivity contribution in [2.75, 3.05) is 13.2 Å². The predicted octanol–water partition coefficient (Wildman–Crippen LogP) is 4.02. The van der Waals surface area contributed by atoms with E-state index in [-0.39, 0.29) is 0 Å². The summed E-state index contributed by atoms with van der Waals surface area (Å²) in [4.78, 5) is 0. The molecular weight excluding hydrogens is 184 g/mol. The fourth-order valence-corrected chi connectivity index (χ4v) is 3.62. The zero-order valence-corrected chi connectivity index (χ0v) is 10.6. The number of rotatable bonds is 0. The molecule has 0 N–H and O–H groups in total. The van der Waals surface area contributed by atoms with Crippen LogP contribution in [0.15, 0.2) is 0 Å². The van der Waals surface area contributed by atoms with Crippen LogP contribution in [0.5, 0.6) is 0 Å². The normalized spacial score (nSPS) is 41.4. The Hall–Kier alpha value is -0.0400. The summed E-state index contributed by atoms with van der Waals surface area (Å²) in [6.45, 7) is 9.43. The lowest BCUT2D eigenvalue weighted by Gasteiger charge is -2.34. The van der Waals surface area contributed by atoms with Crippen molar-refractivity contribution in [3.63, 3.8) is 0 Å². The van der Waals surface area contributed by atoms with Crippen LogP contribution in [0, 0.1) is 16.7 Å². The lowest BCUT2D eigenvalue weighted by molar-refractivity contribution is 0.152. The Kier molecular flexibility index (Phi) is 3.12. The second-order valence-electron chi connectivity index (χ2n) is 6.38. The Labute approximate surface area is 94.6 Å². The smallest absolute Gasteiger partial charge is 0.0466 e. The van der Waals surface area contributed by atoms with E-state index in [9.17, 15) is 0 Å². The Morgan fingerprint density at radius 3 is 1.60 bits per heavy atom. The number of hydrogen-bond donors (Lipinski definition) is 0. The van der Waals surface area contributed by atoms with Gasteiger partial charge in [0.15, 0.2) is 0 Å². The second kappa shape index (κ2) is 4.08. The van der Waals surface area contributed by atoms with Crippen molar-refractivity contribution in [3.05, 3.63) is 0 Å².